The number of unbranched alkanes of at least 4 members (excludes halogenated alkanes) is 1. The molecule has 1 atom stereocenters. The molecular formula is C15H33NO5. The molecule has 128 valence electrons. The van der Waals surface area contributed by atoms with E-state index < -0.39 is 5.60 Å². The molecule has 0 fully saturated rings. The Morgan fingerprint density at radius 2 is 1.24 bits per heavy atom. The summed E-state index contributed by atoms with van der Waals surface area (Å²) in [6.45, 7) is 8.80. The predicted octanol–water partition coefficient (Wildman–Crippen LogP) is 0.953. The summed E-state index contributed by atoms with van der Waals surface area (Å²) < 4.78 is 21.4. The Hall–Kier alpha value is -0.240. The van der Waals surface area contributed by atoms with Gasteiger partial charge in [0.1, 0.15) is 0 Å². The second kappa shape index (κ2) is 14.7. The van der Waals surface area contributed by atoms with Gasteiger partial charge in [-0.3, -0.25) is 0 Å². The standard InChI is InChI=1S/C15H33NO5/c1-3-4-6-18-8-10-20-12-13-21-11-9-19-7-5-15(2,17)14-16/h17H,3-14,16H2,1-2H3. The zero-order valence-corrected chi connectivity index (χ0v) is 13.6. The van der Waals surface area contributed by atoms with Crippen LogP contribution in [-0.4, -0.2) is 70.1 Å². The van der Waals surface area contributed by atoms with Gasteiger partial charge in [-0.25, -0.2) is 0 Å². The lowest BCUT2D eigenvalue weighted by molar-refractivity contribution is -0.0145. The van der Waals surface area contributed by atoms with Crippen LogP contribution in [0.1, 0.15) is 33.1 Å². The van der Waals surface area contributed by atoms with Crippen molar-refractivity contribution in [1.82, 2.24) is 0 Å². The van der Waals surface area contributed by atoms with Crippen LogP contribution in [0.25, 0.3) is 0 Å². The maximum atomic E-state index is 9.65. The molecule has 6 nitrogen and oxygen atoms in total. The Bertz CT molecular complexity index is 214. The molecule has 0 aliphatic carbocycles. The fraction of sp³-hybridized carbons (Fsp3) is 1.00. The van der Waals surface area contributed by atoms with Gasteiger partial charge >= 0.3 is 0 Å². The Kier molecular flexibility index (Phi) is 14.5. The Morgan fingerprint density at radius 1 is 0.810 bits per heavy atom. The molecule has 0 aliphatic heterocycles. The van der Waals surface area contributed by atoms with E-state index in [-0.39, 0.29) is 6.54 Å². The Morgan fingerprint density at radius 3 is 1.67 bits per heavy atom. The highest BCUT2D eigenvalue weighted by molar-refractivity contribution is 4.72. The largest absolute Gasteiger partial charge is 0.389 e. The molecule has 3 N–H and O–H groups in total. The molecule has 1 unspecified atom stereocenters. The first-order chi connectivity index (χ1) is 10.1. The van der Waals surface area contributed by atoms with Crippen molar-refractivity contribution < 1.29 is 24.1 Å². The normalized spacial score (nSPS) is 14.3. The van der Waals surface area contributed by atoms with Crippen molar-refractivity contribution in [3.63, 3.8) is 0 Å². The van der Waals surface area contributed by atoms with Gasteiger partial charge in [0, 0.05) is 26.2 Å². The van der Waals surface area contributed by atoms with Crippen molar-refractivity contribution in [3.05, 3.63) is 0 Å². The molecule has 0 aliphatic rings. The third-order valence-corrected chi connectivity index (χ3v) is 2.98. The molecule has 0 rings (SSSR count). The molecule has 0 saturated heterocycles. The van der Waals surface area contributed by atoms with Crippen molar-refractivity contribution in [2.24, 2.45) is 5.73 Å². The first-order valence-corrected chi connectivity index (χ1v) is 7.86. The van der Waals surface area contributed by atoms with Gasteiger partial charge in [-0.1, -0.05) is 13.3 Å². The lowest BCUT2D eigenvalue weighted by atomic mass is 10.0. The first-order valence-electron chi connectivity index (χ1n) is 7.86. The fourth-order valence-electron chi connectivity index (χ4n) is 1.40. The maximum Gasteiger partial charge on any atom is 0.0763 e. The zero-order chi connectivity index (χ0) is 15.8. The summed E-state index contributed by atoms with van der Waals surface area (Å²) in [6.07, 6.45) is 2.79. The monoisotopic (exact) mass is 307 g/mol. The third-order valence-electron chi connectivity index (χ3n) is 2.98. The smallest absolute Gasteiger partial charge is 0.0763 e. The van der Waals surface area contributed by atoms with E-state index in [1.807, 2.05) is 0 Å². The van der Waals surface area contributed by atoms with E-state index in [9.17, 15) is 5.11 Å². The summed E-state index contributed by atoms with van der Waals surface area (Å²) in [6, 6.07) is 0. The molecule has 6 heteroatoms. The minimum Gasteiger partial charge on any atom is -0.389 e. The van der Waals surface area contributed by atoms with E-state index in [0.29, 0.717) is 52.7 Å². The summed E-state index contributed by atoms with van der Waals surface area (Å²) in [4.78, 5) is 0. The highest BCUT2D eigenvalue weighted by Gasteiger charge is 2.16. The number of ether oxygens (including phenoxy) is 4. The number of hydrogen-bond donors (Lipinski definition) is 2. The predicted molar refractivity (Wildman–Crippen MR) is 82.5 cm³/mol. The van der Waals surface area contributed by atoms with E-state index in [4.69, 9.17) is 24.7 Å². The van der Waals surface area contributed by atoms with Crippen LogP contribution in [0.2, 0.25) is 0 Å². The molecule has 0 amide bonds. The number of hydrogen-bond acceptors (Lipinski definition) is 6. The van der Waals surface area contributed by atoms with Crippen molar-refractivity contribution in [2.45, 2.75) is 38.7 Å². The highest BCUT2D eigenvalue weighted by Crippen LogP contribution is 2.06. The van der Waals surface area contributed by atoms with Gasteiger partial charge in [0.25, 0.3) is 0 Å². The average Bonchev–Trinajstić information content (AvgIpc) is 2.47. The van der Waals surface area contributed by atoms with E-state index in [1.54, 1.807) is 6.92 Å². The van der Waals surface area contributed by atoms with Crippen LogP contribution in [0.5, 0.6) is 0 Å². The summed E-state index contributed by atoms with van der Waals surface area (Å²) in [5.41, 5.74) is 4.57. The molecule has 0 heterocycles. The lowest BCUT2D eigenvalue weighted by Crippen LogP contribution is -2.35. The van der Waals surface area contributed by atoms with Crippen LogP contribution in [0.15, 0.2) is 0 Å². The minimum atomic E-state index is -0.839. The van der Waals surface area contributed by atoms with Crippen molar-refractivity contribution >= 4 is 0 Å². The van der Waals surface area contributed by atoms with Gasteiger partial charge < -0.3 is 29.8 Å². The van der Waals surface area contributed by atoms with E-state index in [0.717, 1.165) is 19.4 Å². The van der Waals surface area contributed by atoms with Crippen molar-refractivity contribution in [1.29, 1.82) is 0 Å². The van der Waals surface area contributed by atoms with Crippen molar-refractivity contribution in [3.8, 4) is 0 Å². The van der Waals surface area contributed by atoms with Crippen molar-refractivity contribution in [2.75, 3.05) is 59.4 Å². The van der Waals surface area contributed by atoms with Gasteiger partial charge in [0.05, 0.1) is 45.2 Å². The van der Waals surface area contributed by atoms with E-state index in [2.05, 4.69) is 6.92 Å². The summed E-state index contributed by atoms with van der Waals surface area (Å²) >= 11 is 0. The Labute approximate surface area is 128 Å². The van der Waals surface area contributed by atoms with Crippen LogP contribution in [0.4, 0.5) is 0 Å². The lowest BCUT2D eigenvalue weighted by Gasteiger charge is -2.20. The molecule has 0 spiro atoms. The molecule has 0 aromatic rings. The van der Waals surface area contributed by atoms with Gasteiger partial charge in [-0.2, -0.15) is 0 Å². The van der Waals surface area contributed by atoms with Crippen LogP contribution < -0.4 is 5.73 Å². The highest BCUT2D eigenvalue weighted by atomic mass is 16.6. The summed E-state index contributed by atoms with van der Waals surface area (Å²) in [7, 11) is 0. The summed E-state index contributed by atoms with van der Waals surface area (Å²) in [5, 5.41) is 9.65. The molecular weight excluding hydrogens is 274 g/mol. The fourth-order valence-corrected chi connectivity index (χ4v) is 1.40. The number of nitrogens with two attached hydrogens (primary N) is 1. The molecule has 0 saturated carbocycles. The van der Waals surface area contributed by atoms with Crippen LogP contribution in [-0.2, 0) is 18.9 Å². The Balaban J connectivity index is 3.06. The molecule has 0 aromatic heterocycles. The SMILES string of the molecule is CCCCOCCOCCOCCOCCC(C)(O)CN. The minimum absolute atomic E-state index is 0.242. The van der Waals surface area contributed by atoms with Gasteiger partial charge in [-0.15, -0.1) is 0 Å². The van der Waals surface area contributed by atoms with Crippen LogP contribution in [0.3, 0.4) is 0 Å². The number of rotatable bonds is 16. The second-order valence-corrected chi connectivity index (χ2v) is 5.25. The molecule has 0 aromatic carbocycles. The molecule has 21 heavy (non-hydrogen) atoms. The van der Waals surface area contributed by atoms with Gasteiger partial charge in [-0.05, 0) is 13.3 Å². The van der Waals surface area contributed by atoms with Crippen LogP contribution in [0, 0.1) is 0 Å². The van der Waals surface area contributed by atoms with E-state index >= 15 is 0 Å². The maximum absolute atomic E-state index is 9.65. The van der Waals surface area contributed by atoms with E-state index in [1.165, 1.54) is 0 Å². The summed E-state index contributed by atoms with van der Waals surface area (Å²) in [5.74, 6) is 0. The zero-order valence-electron chi connectivity index (χ0n) is 13.6. The molecule has 0 bridgehead atoms. The first kappa shape index (κ1) is 20.8. The van der Waals surface area contributed by atoms with Crippen LogP contribution >= 0.6 is 0 Å². The number of aliphatic hydroxyl groups is 1. The topological polar surface area (TPSA) is 83.2 Å². The van der Waals surface area contributed by atoms with Gasteiger partial charge in [0.2, 0.25) is 0 Å². The molecule has 0 radical (unpaired) electrons. The van der Waals surface area contributed by atoms with Gasteiger partial charge in [0.15, 0.2) is 0 Å². The average molecular weight is 307 g/mol. The second-order valence-electron chi connectivity index (χ2n) is 5.25. The third kappa shape index (κ3) is 16.0. The quantitative estimate of drug-likeness (QED) is 0.413.